The van der Waals surface area contributed by atoms with Gasteiger partial charge in [0, 0.05) is 16.6 Å². The Balaban J connectivity index is 1.64. The van der Waals surface area contributed by atoms with Gasteiger partial charge in [0.05, 0.1) is 0 Å². The molecule has 0 fully saturated rings. The third kappa shape index (κ3) is 4.05. The average Bonchev–Trinajstić information content (AvgIpc) is 2.54. The third-order valence-electron chi connectivity index (χ3n) is 3.74. The number of rotatable bonds is 4. The van der Waals surface area contributed by atoms with Crippen LogP contribution in [0.15, 0.2) is 46.9 Å². The second-order valence-electron chi connectivity index (χ2n) is 5.57. The van der Waals surface area contributed by atoms with E-state index >= 15 is 0 Å². The summed E-state index contributed by atoms with van der Waals surface area (Å²) in [5.41, 5.74) is 1.86. The first-order chi connectivity index (χ1) is 11.1. The Bertz CT molecular complexity index is 717. The highest BCUT2D eigenvalue weighted by Gasteiger charge is 2.16. The summed E-state index contributed by atoms with van der Waals surface area (Å²) in [7, 11) is 0. The van der Waals surface area contributed by atoms with E-state index in [0.717, 1.165) is 27.2 Å². The molecule has 2 aromatic carbocycles. The molecule has 1 atom stereocenters. The van der Waals surface area contributed by atoms with Gasteiger partial charge in [-0.05, 0) is 41.8 Å². The Labute approximate surface area is 143 Å². The molecule has 5 heteroatoms. The molecular weight excluding hydrogens is 358 g/mol. The maximum Gasteiger partial charge on any atom is 0.224 e. The molecule has 1 amide bonds. The Morgan fingerprint density at radius 1 is 1.17 bits per heavy atom. The molecule has 0 aromatic heterocycles. The lowest BCUT2D eigenvalue weighted by atomic mass is 9.97. The molecule has 1 unspecified atom stereocenters. The molecule has 0 bridgehead atoms. The molecule has 0 saturated carbocycles. The zero-order valence-electron chi connectivity index (χ0n) is 12.8. The van der Waals surface area contributed by atoms with E-state index in [1.807, 2.05) is 49.4 Å². The number of fused-ring (bicyclic) bond motifs is 1. The lowest BCUT2D eigenvalue weighted by Crippen LogP contribution is -2.16. The highest BCUT2D eigenvalue weighted by molar-refractivity contribution is 9.10. The molecule has 0 spiro atoms. The molecule has 4 nitrogen and oxygen atoms in total. The average molecular weight is 376 g/mol. The Morgan fingerprint density at radius 3 is 2.74 bits per heavy atom. The first kappa shape index (κ1) is 15.9. The van der Waals surface area contributed by atoms with Gasteiger partial charge < -0.3 is 14.8 Å². The van der Waals surface area contributed by atoms with Crippen LogP contribution in [0, 0.1) is 0 Å². The predicted molar refractivity (Wildman–Crippen MR) is 93.2 cm³/mol. The van der Waals surface area contributed by atoms with Crippen LogP contribution >= 0.6 is 15.9 Å². The Morgan fingerprint density at radius 2 is 1.96 bits per heavy atom. The molecule has 23 heavy (non-hydrogen) atoms. The fraction of sp³-hybridized carbons (Fsp3) is 0.278. The fourth-order valence-corrected chi connectivity index (χ4v) is 2.94. The van der Waals surface area contributed by atoms with E-state index < -0.39 is 0 Å². The third-order valence-corrected chi connectivity index (χ3v) is 4.23. The molecule has 1 aliphatic rings. The minimum atomic E-state index is -0.00881. The topological polar surface area (TPSA) is 47.6 Å². The van der Waals surface area contributed by atoms with Crippen molar-refractivity contribution in [1.82, 2.24) is 0 Å². The number of hydrogen-bond acceptors (Lipinski definition) is 3. The van der Waals surface area contributed by atoms with E-state index in [1.54, 1.807) is 0 Å². The van der Waals surface area contributed by atoms with E-state index in [0.29, 0.717) is 19.6 Å². The molecule has 0 radical (unpaired) electrons. The molecule has 1 heterocycles. The SMILES string of the molecule is CC(CC(=O)Nc1cccc(Br)c1)c1ccc2c(c1)OCCO2. The number of amides is 1. The lowest BCUT2D eigenvalue weighted by Gasteiger charge is -2.20. The number of carbonyl (C=O) groups excluding carboxylic acids is 1. The number of hydrogen-bond donors (Lipinski definition) is 1. The summed E-state index contributed by atoms with van der Waals surface area (Å²) in [6.07, 6.45) is 0.409. The van der Waals surface area contributed by atoms with Crippen LogP contribution in [-0.4, -0.2) is 19.1 Å². The molecule has 2 aromatic rings. The van der Waals surface area contributed by atoms with E-state index in [-0.39, 0.29) is 11.8 Å². The Hall–Kier alpha value is -2.01. The fourth-order valence-electron chi connectivity index (χ4n) is 2.54. The zero-order valence-corrected chi connectivity index (χ0v) is 14.4. The number of carbonyl (C=O) groups is 1. The van der Waals surface area contributed by atoms with Crippen molar-refractivity contribution in [2.75, 3.05) is 18.5 Å². The van der Waals surface area contributed by atoms with E-state index in [1.165, 1.54) is 0 Å². The van der Waals surface area contributed by atoms with Crippen molar-refractivity contribution in [3.8, 4) is 11.5 Å². The van der Waals surface area contributed by atoms with Crippen molar-refractivity contribution >= 4 is 27.5 Å². The maximum atomic E-state index is 12.2. The summed E-state index contributed by atoms with van der Waals surface area (Å²) in [5, 5.41) is 2.92. The molecule has 0 saturated heterocycles. The van der Waals surface area contributed by atoms with Gasteiger partial charge in [0.1, 0.15) is 13.2 Å². The minimum absolute atomic E-state index is 0.00881. The van der Waals surface area contributed by atoms with E-state index in [2.05, 4.69) is 21.2 Å². The van der Waals surface area contributed by atoms with Gasteiger partial charge in [-0.2, -0.15) is 0 Å². The monoisotopic (exact) mass is 375 g/mol. The number of halogens is 1. The molecule has 120 valence electrons. The van der Waals surface area contributed by atoms with Crippen molar-refractivity contribution in [2.45, 2.75) is 19.3 Å². The van der Waals surface area contributed by atoms with E-state index in [9.17, 15) is 4.79 Å². The normalized spacial score (nSPS) is 14.2. The first-order valence-corrected chi connectivity index (χ1v) is 8.36. The van der Waals surface area contributed by atoms with Gasteiger partial charge in [-0.1, -0.05) is 35.0 Å². The van der Waals surface area contributed by atoms with Crippen LogP contribution in [0.3, 0.4) is 0 Å². The van der Waals surface area contributed by atoms with Crippen LogP contribution in [0.25, 0.3) is 0 Å². The predicted octanol–water partition coefficient (Wildman–Crippen LogP) is 4.35. The summed E-state index contributed by atoms with van der Waals surface area (Å²) in [5.74, 6) is 1.61. The largest absolute Gasteiger partial charge is 0.486 e. The van der Waals surface area contributed by atoms with Gasteiger partial charge in [-0.25, -0.2) is 0 Å². The van der Waals surface area contributed by atoms with E-state index in [4.69, 9.17) is 9.47 Å². The van der Waals surface area contributed by atoms with Gasteiger partial charge in [-0.3, -0.25) is 4.79 Å². The van der Waals surface area contributed by atoms with Gasteiger partial charge in [0.25, 0.3) is 0 Å². The molecule has 1 aliphatic heterocycles. The standard InChI is InChI=1S/C18H18BrNO3/c1-12(9-18(21)20-15-4-2-3-14(19)11-15)13-5-6-16-17(10-13)23-8-7-22-16/h2-6,10-12H,7-9H2,1H3,(H,20,21). The second kappa shape index (κ2) is 7.04. The zero-order chi connectivity index (χ0) is 16.2. The van der Waals surface area contributed by atoms with Crippen LogP contribution in [0.4, 0.5) is 5.69 Å². The van der Waals surface area contributed by atoms with Gasteiger partial charge in [0.15, 0.2) is 11.5 Å². The van der Waals surface area contributed by atoms with Crippen LogP contribution in [0.5, 0.6) is 11.5 Å². The second-order valence-corrected chi connectivity index (χ2v) is 6.48. The summed E-state index contributed by atoms with van der Waals surface area (Å²) in [6.45, 7) is 3.18. The van der Waals surface area contributed by atoms with Crippen molar-refractivity contribution < 1.29 is 14.3 Å². The smallest absolute Gasteiger partial charge is 0.224 e. The van der Waals surface area contributed by atoms with Crippen molar-refractivity contribution in [3.05, 3.63) is 52.5 Å². The molecule has 1 N–H and O–H groups in total. The van der Waals surface area contributed by atoms with Gasteiger partial charge >= 0.3 is 0 Å². The highest BCUT2D eigenvalue weighted by Crippen LogP contribution is 2.34. The summed E-state index contributed by atoms with van der Waals surface area (Å²) in [4.78, 5) is 12.2. The quantitative estimate of drug-likeness (QED) is 0.863. The lowest BCUT2D eigenvalue weighted by molar-refractivity contribution is -0.116. The van der Waals surface area contributed by atoms with Gasteiger partial charge in [0.2, 0.25) is 5.91 Å². The van der Waals surface area contributed by atoms with Crippen LogP contribution in [0.2, 0.25) is 0 Å². The van der Waals surface area contributed by atoms with Crippen LogP contribution in [0.1, 0.15) is 24.8 Å². The number of benzene rings is 2. The maximum absolute atomic E-state index is 12.2. The summed E-state index contributed by atoms with van der Waals surface area (Å²) >= 11 is 3.40. The number of nitrogens with one attached hydrogen (secondary N) is 1. The minimum Gasteiger partial charge on any atom is -0.486 e. The van der Waals surface area contributed by atoms with Crippen molar-refractivity contribution in [2.24, 2.45) is 0 Å². The summed E-state index contributed by atoms with van der Waals surface area (Å²) < 4.78 is 12.1. The molecule has 3 rings (SSSR count). The summed E-state index contributed by atoms with van der Waals surface area (Å²) in [6, 6.07) is 13.4. The highest BCUT2D eigenvalue weighted by atomic mass is 79.9. The first-order valence-electron chi connectivity index (χ1n) is 7.57. The van der Waals surface area contributed by atoms with Crippen molar-refractivity contribution in [1.29, 1.82) is 0 Å². The molecular formula is C18H18BrNO3. The van der Waals surface area contributed by atoms with Crippen molar-refractivity contribution in [3.63, 3.8) is 0 Å². The molecule has 0 aliphatic carbocycles. The van der Waals surface area contributed by atoms with Gasteiger partial charge in [-0.15, -0.1) is 0 Å². The van der Waals surface area contributed by atoms with Crippen LogP contribution < -0.4 is 14.8 Å². The number of ether oxygens (including phenoxy) is 2. The van der Waals surface area contributed by atoms with Crippen LogP contribution in [-0.2, 0) is 4.79 Å². The number of anilines is 1. The Kier molecular flexibility index (Phi) is 4.86.